The largest absolute Gasteiger partial charge is 0.376 e. The Bertz CT molecular complexity index is 1160. The van der Waals surface area contributed by atoms with Crippen molar-refractivity contribution in [3.05, 3.63) is 44.7 Å². The number of aromatic nitrogens is 2. The zero-order valence-corrected chi connectivity index (χ0v) is 19.6. The van der Waals surface area contributed by atoms with Crippen molar-refractivity contribution in [3.63, 3.8) is 0 Å². The second-order valence-corrected chi connectivity index (χ2v) is 10.3. The van der Waals surface area contributed by atoms with Crippen molar-refractivity contribution in [2.24, 2.45) is 0 Å². The van der Waals surface area contributed by atoms with Crippen LogP contribution in [-0.4, -0.2) is 49.8 Å². The number of nitrogens with one attached hydrogen (secondary N) is 1. The molecule has 1 amide bonds. The van der Waals surface area contributed by atoms with Gasteiger partial charge >= 0.3 is 0 Å². The summed E-state index contributed by atoms with van der Waals surface area (Å²) in [6.07, 6.45) is 9.78. The van der Waals surface area contributed by atoms with E-state index in [0.29, 0.717) is 32.8 Å². The molecule has 0 aromatic carbocycles. The minimum atomic E-state index is -0.191. The lowest BCUT2D eigenvalue weighted by Crippen LogP contribution is -2.35. The molecule has 168 valence electrons. The lowest BCUT2D eigenvalue weighted by molar-refractivity contribution is -0.123. The van der Waals surface area contributed by atoms with Gasteiger partial charge in [0.1, 0.15) is 15.8 Å². The monoisotopic (exact) mass is 470 g/mol. The number of thiocarbonyl (C=S) groups is 1. The molecule has 7 nitrogen and oxygen atoms in total. The number of pyridine rings is 1. The van der Waals surface area contributed by atoms with E-state index < -0.39 is 0 Å². The molecule has 5 rings (SSSR count). The van der Waals surface area contributed by atoms with Crippen LogP contribution >= 0.6 is 24.0 Å². The maximum atomic E-state index is 13.5. The van der Waals surface area contributed by atoms with E-state index in [2.05, 4.69) is 5.32 Å². The number of carbonyl (C=O) groups is 1. The molecule has 1 N–H and O–H groups in total. The molecule has 2 saturated heterocycles. The molecule has 0 bridgehead atoms. The van der Waals surface area contributed by atoms with E-state index in [0.717, 1.165) is 37.9 Å². The number of rotatable bonds is 5. The lowest BCUT2D eigenvalue weighted by Gasteiger charge is -2.18. The number of carbonyl (C=O) groups excluding carboxylic acids is 1. The smallest absolute Gasteiger partial charge is 0.267 e. The maximum Gasteiger partial charge on any atom is 0.267 e. The Kier molecular flexibility index (Phi) is 6.05. The van der Waals surface area contributed by atoms with E-state index >= 15 is 0 Å². The van der Waals surface area contributed by atoms with Gasteiger partial charge in [-0.25, -0.2) is 4.98 Å². The van der Waals surface area contributed by atoms with Gasteiger partial charge in [0.25, 0.3) is 11.5 Å². The first-order valence-electron chi connectivity index (χ1n) is 11.2. The van der Waals surface area contributed by atoms with E-state index in [4.69, 9.17) is 21.9 Å². The summed E-state index contributed by atoms with van der Waals surface area (Å²) in [5, 5.41) is 3.48. The van der Waals surface area contributed by atoms with Crippen LogP contribution in [0.2, 0.25) is 0 Å². The molecule has 4 heterocycles. The fourth-order valence-electron chi connectivity index (χ4n) is 4.60. The molecule has 3 aliphatic rings. The summed E-state index contributed by atoms with van der Waals surface area (Å²) in [6.45, 7) is 3.13. The van der Waals surface area contributed by atoms with Crippen LogP contribution in [0.1, 0.15) is 49.7 Å². The summed E-state index contributed by atoms with van der Waals surface area (Å²) < 4.78 is 7.74. The highest BCUT2D eigenvalue weighted by Crippen LogP contribution is 2.34. The van der Waals surface area contributed by atoms with Gasteiger partial charge in [-0.3, -0.25) is 18.9 Å². The van der Waals surface area contributed by atoms with Crippen molar-refractivity contribution in [2.75, 3.05) is 18.5 Å². The average molecular weight is 471 g/mol. The molecule has 1 aliphatic carbocycles. The normalized spacial score (nSPS) is 23.2. The van der Waals surface area contributed by atoms with Crippen molar-refractivity contribution in [2.45, 2.75) is 57.6 Å². The fourth-order valence-corrected chi connectivity index (χ4v) is 5.85. The van der Waals surface area contributed by atoms with E-state index in [1.165, 1.54) is 24.6 Å². The van der Waals surface area contributed by atoms with E-state index in [9.17, 15) is 9.59 Å². The second kappa shape index (κ2) is 8.96. The molecule has 0 spiro atoms. The topological polar surface area (TPSA) is 75.9 Å². The quantitative estimate of drug-likeness (QED) is 0.527. The SMILES string of the molecule is Cc1cccn2c(=O)c(/C=C3\SC(=S)N(C[C@H]4CCCO4)C3=O)c(NC3CCCC3)nc12. The van der Waals surface area contributed by atoms with Crippen LogP contribution in [0.5, 0.6) is 0 Å². The van der Waals surface area contributed by atoms with E-state index in [-0.39, 0.29) is 23.6 Å². The predicted molar refractivity (Wildman–Crippen MR) is 131 cm³/mol. The Morgan fingerprint density at radius 3 is 2.84 bits per heavy atom. The summed E-state index contributed by atoms with van der Waals surface area (Å²) in [7, 11) is 0. The summed E-state index contributed by atoms with van der Waals surface area (Å²) >= 11 is 6.72. The third kappa shape index (κ3) is 4.09. The van der Waals surface area contributed by atoms with Gasteiger partial charge in [0.05, 0.1) is 23.1 Å². The van der Waals surface area contributed by atoms with E-state index in [1.807, 2.05) is 19.1 Å². The van der Waals surface area contributed by atoms with Gasteiger partial charge in [-0.05, 0) is 50.3 Å². The van der Waals surface area contributed by atoms with Crippen LogP contribution in [0.3, 0.4) is 0 Å². The molecule has 1 atom stereocenters. The van der Waals surface area contributed by atoms with Gasteiger partial charge in [-0.15, -0.1) is 0 Å². The molecule has 32 heavy (non-hydrogen) atoms. The van der Waals surface area contributed by atoms with Crippen molar-refractivity contribution < 1.29 is 9.53 Å². The molecular formula is C23H26N4O3S2. The van der Waals surface area contributed by atoms with E-state index in [1.54, 1.807) is 21.6 Å². The standard InChI is InChI=1S/C23H26N4O3S2/c1-14-6-4-10-26-20(14)25-19(24-15-7-2-3-8-15)17(21(26)28)12-18-22(29)27(23(31)32-18)13-16-9-5-11-30-16/h4,6,10,12,15-16,24H,2-3,5,7-9,11,13H2,1H3/b18-12-/t16-/m1/s1. The molecule has 2 aromatic rings. The highest BCUT2D eigenvalue weighted by Gasteiger charge is 2.35. The van der Waals surface area contributed by atoms with Gasteiger partial charge in [-0.1, -0.05) is 42.9 Å². The first-order valence-corrected chi connectivity index (χ1v) is 12.4. The minimum Gasteiger partial charge on any atom is -0.376 e. The van der Waals surface area contributed by atoms with Crippen LogP contribution < -0.4 is 10.9 Å². The van der Waals surface area contributed by atoms with Crippen LogP contribution in [0.4, 0.5) is 5.82 Å². The number of aryl methyl sites for hydroxylation is 1. The molecule has 9 heteroatoms. The maximum absolute atomic E-state index is 13.5. The second-order valence-electron chi connectivity index (χ2n) is 8.62. The van der Waals surface area contributed by atoms with Crippen molar-refractivity contribution >= 4 is 51.7 Å². The number of hydrogen-bond acceptors (Lipinski definition) is 7. The Hall–Kier alpha value is -2.23. The summed E-state index contributed by atoms with van der Waals surface area (Å²) in [5.41, 5.74) is 1.76. The number of nitrogens with zero attached hydrogens (tertiary/aromatic N) is 3. The Morgan fingerprint density at radius 2 is 2.09 bits per heavy atom. The zero-order valence-electron chi connectivity index (χ0n) is 18.0. The highest BCUT2D eigenvalue weighted by molar-refractivity contribution is 8.26. The molecule has 0 radical (unpaired) electrons. The number of thioether (sulfide) groups is 1. The van der Waals surface area contributed by atoms with Gasteiger partial charge in [0, 0.05) is 18.8 Å². The number of hydrogen-bond donors (Lipinski definition) is 1. The summed E-state index contributed by atoms with van der Waals surface area (Å²) in [6, 6.07) is 4.06. The number of amides is 1. The fraction of sp³-hybridized carbons (Fsp3) is 0.478. The first-order chi connectivity index (χ1) is 15.5. The highest BCUT2D eigenvalue weighted by atomic mass is 32.2. The van der Waals surface area contributed by atoms with Crippen molar-refractivity contribution in [1.82, 2.24) is 14.3 Å². The van der Waals surface area contributed by atoms with Crippen LogP contribution in [0, 0.1) is 6.92 Å². The number of fused-ring (bicyclic) bond motifs is 1. The lowest BCUT2D eigenvalue weighted by atomic mass is 10.2. The van der Waals surface area contributed by atoms with Gasteiger partial charge < -0.3 is 10.1 Å². The van der Waals surface area contributed by atoms with Crippen LogP contribution in [-0.2, 0) is 9.53 Å². The predicted octanol–water partition coefficient (Wildman–Crippen LogP) is 3.74. The Morgan fingerprint density at radius 1 is 1.28 bits per heavy atom. The minimum absolute atomic E-state index is 0.0207. The van der Waals surface area contributed by atoms with Gasteiger partial charge in [0.2, 0.25) is 0 Å². The molecule has 2 aromatic heterocycles. The molecule has 0 unspecified atom stereocenters. The average Bonchev–Trinajstić information content (AvgIpc) is 3.52. The first kappa shape index (κ1) is 21.6. The summed E-state index contributed by atoms with van der Waals surface area (Å²) in [5.74, 6) is 0.372. The molecular weight excluding hydrogens is 444 g/mol. The molecule has 1 saturated carbocycles. The zero-order chi connectivity index (χ0) is 22.2. The Labute approximate surface area is 196 Å². The molecule has 2 aliphatic heterocycles. The number of ether oxygens (including phenoxy) is 1. The van der Waals surface area contributed by atoms with Gasteiger partial charge in [0.15, 0.2) is 0 Å². The summed E-state index contributed by atoms with van der Waals surface area (Å²) in [4.78, 5) is 33.5. The van der Waals surface area contributed by atoms with Crippen LogP contribution in [0.25, 0.3) is 11.7 Å². The van der Waals surface area contributed by atoms with Crippen molar-refractivity contribution in [1.29, 1.82) is 0 Å². The third-order valence-corrected chi connectivity index (χ3v) is 7.72. The van der Waals surface area contributed by atoms with Crippen molar-refractivity contribution in [3.8, 4) is 0 Å². The van der Waals surface area contributed by atoms with Crippen LogP contribution in [0.15, 0.2) is 28.0 Å². The van der Waals surface area contributed by atoms with Gasteiger partial charge in [-0.2, -0.15) is 0 Å². The Balaban J connectivity index is 1.54. The third-order valence-electron chi connectivity index (χ3n) is 6.34. The molecule has 3 fully saturated rings. The number of anilines is 1.